The molecule has 4 aromatic rings. The number of hydrogen-bond acceptors (Lipinski definition) is 5. The summed E-state index contributed by atoms with van der Waals surface area (Å²) in [6.45, 7) is 0. The van der Waals surface area contributed by atoms with Gasteiger partial charge in [0, 0.05) is 22.6 Å². The highest BCUT2D eigenvalue weighted by Crippen LogP contribution is 2.27. The monoisotopic (exact) mass is 383 g/mol. The third-order valence-electron chi connectivity index (χ3n) is 3.34. The van der Waals surface area contributed by atoms with Crippen LogP contribution in [0.5, 0.6) is 0 Å². The standard InChI is InChI=1S/C17H10BrN3O3/c18-11-6-10(8-19-9-11)17-21-13-7-12(3-4-14(13)24-17)20-16(22)15-2-1-5-23-15/h1-9H,(H,20,22). The van der Waals surface area contributed by atoms with Crippen molar-refractivity contribution in [3.05, 3.63) is 65.3 Å². The molecule has 7 heteroatoms. The van der Waals surface area contributed by atoms with E-state index in [0.717, 1.165) is 10.0 Å². The molecule has 0 saturated carbocycles. The summed E-state index contributed by atoms with van der Waals surface area (Å²) in [6, 6.07) is 10.4. The molecular weight excluding hydrogens is 374 g/mol. The van der Waals surface area contributed by atoms with Crippen molar-refractivity contribution < 1.29 is 13.6 Å². The summed E-state index contributed by atoms with van der Waals surface area (Å²) >= 11 is 3.37. The molecule has 0 bridgehead atoms. The van der Waals surface area contributed by atoms with Gasteiger partial charge >= 0.3 is 0 Å². The molecule has 3 heterocycles. The fourth-order valence-electron chi connectivity index (χ4n) is 2.26. The van der Waals surface area contributed by atoms with Gasteiger partial charge in [0.25, 0.3) is 5.91 Å². The zero-order valence-corrected chi connectivity index (χ0v) is 13.8. The van der Waals surface area contributed by atoms with Crippen molar-refractivity contribution in [1.82, 2.24) is 9.97 Å². The summed E-state index contributed by atoms with van der Waals surface area (Å²) in [5, 5.41) is 2.76. The van der Waals surface area contributed by atoms with E-state index >= 15 is 0 Å². The third-order valence-corrected chi connectivity index (χ3v) is 3.78. The van der Waals surface area contributed by atoms with Gasteiger partial charge in [-0.2, -0.15) is 0 Å². The van der Waals surface area contributed by atoms with Crippen LogP contribution in [0.25, 0.3) is 22.6 Å². The molecule has 0 atom stereocenters. The van der Waals surface area contributed by atoms with E-state index in [2.05, 4.69) is 31.2 Å². The van der Waals surface area contributed by atoms with Crippen LogP contribution in [0.3, 0.4) is 0 Å². The van der Waals surface area contributed by atoms with Gasteiger partial charge < -0.3 is 14.2 Å². The van der Waals surface area contributed by atoms with E-state index in [9.17, 15) is 4.79 Å². The van der Waals surface area contributed by atoms with Crippen molar-refractivity contribution in [1.29, 1.82) is 0 Å². The molecule has 0 aliphatic heterocycles. The van der Waals surface area contributed by atoms with Gasteiger partial charge in [0.15, 0.2) is 11.3 Å². The number of oxazole rings is 1. The highest BCUT2D eigenvalue weighted by Gasteiger charge is 2.12. The van der Waals surface area contributed by atoms with E-state index in [0.29, 0.717) is 22.7 Å². The summed E-state index contributed by atoms with van der Waals surface area (Å²) in [5.41, 5.74) is 2.64. The lowest BCUT2D eigenvalue weighted by Gasteiger charge is -2.01. The van der Waals surface area contributed by atoms with E-state index in [-0.39, 0.29) is 11.7 Å². The molecule has 118 valence electrons. The van der Waals surface area contributed by atoms with Crippen LogP contribution in [-0.2, 0) is 0 Å². The maximum absolute atomic E-state index is 12.0. The topological polar surface area (TPSA) is 81.2 Å². The van der Waals surface area contributed by atoms with Crippen molar-refractivity contribution in [2.75, 3.05) is 5.32 Å². The molecule has 6 nitrogen and oxygen atoms in total. The largest absolute Gasteiger partial charge is 0.459 e. The van der Waals surface area contributed by atoms with Gasteiger partial charge in [0.2, 0.25) is 5.89 Å². The number of benzene rings is 1. The highest BCUT2D eigenvalue weighted by atomic mass is 79.9. The number of aromatic nitrogens is 2. The average Bonchev–Trinajstić information content (AvgIpc) is 3.24. The zero-order valence-electron chi connectivity index (χ0n) is 12.2. The molecule has 0 radical (unpaired) electrons. The molecule has 3 aromatic heterocycles. The minimum absolute atomic E-state index is 0.246. The number of rotatable bonds is 3. The molecule has 0 unspecified atom stereocenters. The highest BCUT2D eigenvalue weighted by molar-refractivity contribution is 9.10. The number of carbonyl (C=O) groups excluding carboxylic acids is 1. The number of anilines is 1. The Kier molecular flexibility index (Phi) is 3.62. The van der Waals surface area contributed by atoms with Crippen LogP contribution in [0.2, 0.25) is 0 Å². The summed E-state index contributed by atoms with van der Waals surface area (Å²) in [7, 11) is 0. The molecule has 1 aromatic carbocycles. The Hall–Kier alpha value is -2.93. The first-order chi connectivity index (χ1) is 11.7. The van der Waals surface area contributed by atoms with Crippen molar-refractivity contribution in [3.8, 4) is 11.5 Å². The van der Waals surface area contributed by atoms with E-state index in [1.54, 1.807) is 42.7 Å². The van der Waals surface area contributed by atoms with Gasteiger partial charge in [-0.05, 0) is 52.3 Å². The Bertz CT molecular complexity index is 1020. The fourth-order valence-corrected chi connectivity index (χ4v) is 2.62. The zero-order chi connectivity index (χ0) is 16.5. The number of carbonyl (C=O) groups is 1. The third kappa shape index (κ3) is 2.81. The first kappa shape index (κ1) is 14.6. The molecule has 24 heavy (non-hydrogen) atoms. The Labute approximate surface area is 144 Å². The normalized spacial score (nSPS) is 10.9. The second-order valence-electron chi connectivity index (χ2n) is 5.02. The number of hydrogen-bond donors (Lipinski definition) is 1. The lowest BCUT2D eigenvalue weighted by atomic mass is 10.2. The van der Waals surface area contributed by atoms with Crippen LogP contribution in [0, 0.1) is 0 Å². The average molecular weight is 384 g/mol. The van der Waals surface area contributed by atoms with Gasteiger partial charge in [0.05, 0.1) is 11.8 Å². The smallest absolute Gasteiger partial charge is 0.291 e. The fraction of sp³-hybridized carbons (Fsp3) is 0. The first-order valence-electron chi connectivity index (χ1n) is 7.05. The second kappa shape index (κ2) is 5.93. The summed E-state index contributed by atoms with van der Waals surface area (Å²) in [5.74, 6) is 0.392. The molecule has 0 saturated heterocycles. The van der Waals surface area contributed by atoms with Gasteiger partial charge in [-0.3, -0.25) is 9.78 Å². The number of pyridine rings is 1. The Morgan fingerprint density at radius 1 is 1.17 bits per heavy atom. The van der Waals surface area contributed by atoms with Crippen LogP contribution in [-0.4, -0.2) is 15.9 Å². The predicted molar refractivity (Wildman–Crippen MR) is 91.6 cm³/mol. The lowest BCUT2D eigenvalue weighted by molar-refractivity contribution is 0.0996. The number of nitrogens with one attached hydrogen (secondary N) is 1. The van der Waals surface area contributed by atoms with Crippen LogP contribution in [0.1, 0.15) is 10.6 Å². The number of halogens is 1. The van der Waals surface area contributed by atoms with Crippen LogP contribution < -0.4 is 5.32 Å². The van der Waals surface area contributed by atoms with Gasteiger partial charge in [-0.15, -0.1) is 0 Å². The quantitative estimate of drug-likeness (QED) is 0.563. The van der Waals surface area contributed by atoms with Gasteiger partial charge in [0.1, 0.15) is 5.52 Å². The molecule has 4 rings (SSSR count). The molecule has 0 spiro atoms. The summed E-state index contributed by atoms with van der Waals surface area (Å²) < 4.78 is 11.7. The molecule has 0 aliphatic rings. The first-order valence-corrected chi connectivity index (χ1v) is 7.85. The maximum Gasteiger partial charge on any atom is 0.291 e. The number of furan rings is 1. The van der Waals surface area contributed by atoms with E-state index in [1.165, 1.54) is 6.26 Å². The van der Waals surface area contributed by atoms with E-state index < -0.39 is 0 Å². The van der Waals surface area contributed by atoms with Crippen LogP contribution in [0.4, 0.5) is 5.69 Å². The Morgan fingerprint density at radius 2 is 2.08 bits per heavy atom. The van der Waals surface area contributed by atoms with Crippen molar-refractivity contribution in [2.24, 2.45) is 0 Å². The van der Waals surface area contributed by atoms with Crippen LogP contribution in [0.15, 0.2) is 68.4 Å². The Balaban J connectivity index is 1.65. The minimum atomic E-state index is -0.320. The molecule has 0 aliphatic carbocycles. The van der Waals surface area contributed by atoms with E-state index in [1.807, 2.05) is 6.07 Å². The second-order valence-corrected chi connectivity index (χ2v) is 5.94. The molecular formula is C17H10BrN3O3. The number of nitrogens with zero attached hydrogens (tertiary/aromatic N) is 2. The predicted octanol–water partition coefficient (Wildman–Crippen LogP) is 4.50. The van der Waals surface area contributed by atoms with Crippen molar-refractivity contribution in [3.63, 3.8) is 0 Å². The number of amides is 1. The van der Waals surface area contributed by atoms with Gasteiger partial charge in [-0.25, -0.2) is 4.98 Å². The van der Waals surface area contributed by atoms with Gasteiger partial charge in [-0.1, -0.05) is 0 Å². The lowest BCUT2D eigenvalue weighted by Crippen LogP contribution is -2.10. The SMILES string of the molecule is O=C(Nc1ccc2oc(-c3cncc(Br)c3)nc2c1)c1ccco1. The summed E-state index contributed by atoms with van der Waals surface area (Å²) in [4.78, 5) is 20.6. The van der Waals surface area contributed by atoms with Crippen LogP contribution >= 0.6 is 15.9 Å². The molecule has 1 amide bonds. The maximum atomic E-state index is 12.0. The minimum Gasteiger partial charge on any atom is -0.459 e. The molecule has 0 fully saturated rings. The van der Waals surface area contributed by atoms with Crippen molar-refractivity contribution >= 4 is 38.6 Å². The molecule has 1 N–H and O–H groups in total. The number of fused-ring (bicyclic) bond motifs is 1. The van der Waals surface area contributed by atoms with E-state index in [4.69, 9.17) is 8.83 Å². The summed E-state index contributed by atoms with van der Waals surface area (Å²) in [6.07, 6.45) is 4.82. The Morgan fingerprint density at radius 3 is 2.88 bits per heavy atom. The van der Waals surface area contributed by atoms with Crippen molar-refractivity contribution in [2.45, 2.75) is 0 Å².